The van der Waals surface area contributed by atoms with Crippen LogP contribution >= 0.6 is 0 Å². The van der Waals surface area contributed by atoms with Gasteiger partial charge >= 0.3 is 0 Å². The topological polar surface area (TPSA) is 42.2 Å². The third-order valence-corrected chi connectivity index (χ3v) is 3.59. The van der Waals surface area contributed by atoms with Crippen LogP contribution < -0.4 is 0 Å². The molecule has 2 aromatic carbocycles. The van der Waals surface area contributed by atoms with E-state index in [1.54, 1.807) is 7.05 Å². The summed E-state index contributed by atoms with van der Waals surface area (Å²) >= 11 is 0. The Bertz CT molecular complexity index is 848. The van der Waals surface area contributed by atoms with Crippen LogP contribution in [-0.4, -0.2) is 22.1 Å². The molecule has 1 aromatic heterocycles. The summed E-state index contributed by atoms with van der Waals surface area (Å²) in [6.07, 6.45) is 0. The van der Waals surface area contributed by atoms with Crippen LogP contribution in [0.1, 0.15) is 17.0 Å². The summed E-state index contributed by atoms with van der Waals surface area (Å²) in [4.78, 5) is 1.82. The Kier molecular flexibility index (Phi) is 4.66. The molecule has 0 unspecified atom stereocenters. The fraction of sp³-hybridized carbons (Fsp3) is 0.222. The first kappa shape index (κ1) is 16.3. The molecule has 1 heterocycles. The molecule has 0 N–H and O–H groups in total. The van der Waals surface area contributed by atoms with E-state index < -0.39 is 11.6 Å². The maximum absolute atomic E-state index is 13.7. The minimum atomic E-state index is -0.585. The Hall–Kier alpha value is -2.60. The van der Waals surface area contributed by atoms with E-state index in [-0.39, 0.29) is 0 Å². The Morgan fingerprint density at radius 2 is 1.88 bits per heavy atom. The first-order valence-corrected chi connectivity index (χ1v) is 7.53. The van der Waals surface area contributed by atoms with E-state index >= 15 is 0 Å². The van der Waals surface area contributed by atoms with E-state index in [0.717, 1.165) is 17.2 Å². The van der Waals surface area contributed by atoms with Crippen LogP contribution in [-0.2, 0) is 13.1 Å². The van der Waals surface area contributed by atoms with Crippen molar-refractivity contribution < 1.29 is 13.2 Å². The summed E-state index contributed by atoms with van der Waals surface area (Å²) < 4.78 is 32.3. The number of hydrogen-bond acceptors (Lipinski definition) is 4. The Morgan fingerprint density at radius 3 is 2.62 bits per heavy atom. The average Bonchev–Trinajstić information content (AvgIpc) is 2.98. The highest BCUT2D eigenvalue weighted by molar-refractivity contribution is 5.53. The van der Waals surface area contributed by atoms with Crippen molar-refractivity contribution in [3.63, 3.8) is 0 Å². The second kappa shape index (κ2) is 6.88. The molecule has 3 aromatic rings. The molecule has 0 saturated carbocycles. The summed E-state index contributed by atoms with van der Waals surface area (Å²) in [7, 11) is 1.80. The van der Waals surface area contributed by atoms with Gasteiger partial charge in [-0.15, -0.1) is 10.2 Å². The van der Waals surface area contributed by atoms with Crippen LogP contribution in [0.2, 0.25) is 0 Å². The van der Waals surface area contributed by atoms with Gasteiger partial charge in [-0.2, -0.15) is 0 Å². The molecule has 0 spiro atoms. The molecule has 0 aliphatic carbocycles. The molecule has 0 saturated heterocycles. The predicted molar refractivity (Wildman–Crippen MR) is 86.0 cm³/mol. The monoisotopic (exact) mass is 329 g/mol. The van der Waals surface area contributed by atoms with Crippen molar-refractivity contribution >= 4 is 0 Å². The van der Waals surface area contributed by atoms with Gasteiger partial charge in [0.1, 0.15) is 11.6 Å². The van der Waals surface area contributed by atoms with Crippen molar-refractivity contribution in [1.29, 1.82) is 0 Å². The van der Waals surface area contributed by atoms with Crippen LogP contribution in [0.3, 0.4) is 0 Å². The predicted octanol–water partition coefficient (Wildman–Crippen LogP) is 3.96. The van der Waals surface area contributed by atoms with E-state index in [9.17, 15) is 8.78 Å². The molecule has 3 rings (SSSR count). The number of rotatable bonds is 5. The van der Waals surface area contributed by atoms with Gasteiger partial charge in [0.05, 0.1) is 6.54 Å². The molecule has 4 nitrogen and oxygen atoms in total. The molecule has 0 bridgehead atoms. The minimum Gasteiger partial charge on any atom is -0.419 e. The minimum absolute atomic E-state index is 0.314. The lowest BCUT2D eigenvalue weighted by Gasteiger charge is -2.14. The van der Waals surface area contributed by atoms with Gasteiger partial charge in [0, 0.05) is 23.7 Å². The standard InChI is InChI=1S/C18H17F2N3O/c1-12-4-3-5-13(8-12)18-22-21-17(24-18)11-23(2)10-14-6-7-15(19)9-16(14)20/h3-9H,10-11H2,1-2H3. The second-order valence-electron chi connectivity index (χ2n) is 5.78. The van der Waals surface area contributed by atoms with Gasteiger partial charge in [0.25, 0.3) is 0 Å². The zero-order valence-corrected chi connectivity index (χ0v) is 13.5. The normalized spacial score (nSPS) is 11.2. The lowest BCUT2D eigenvalue weighted by atomic mass is 10.1. The van der Waals surface area contributed by atoms with Crippen LogP contribution in [0.4, 0.5) is 8.78 Å². The highest BCUT2D eigenvalue weighted by Gasteiger charge is 2.12. The first-order chi connectivity index (χ1) is 11.5. The molecule has 0 aliphatic heterocycles. The fourth-order valence-corrected chi connectivity index (χ4v) is 2.44. The van der Waals surface area contributed by atoms with Crippen molar-refractivity contribution in [3.05, 3.63) is 71.1 Å². The molecule has 0 amide bonds. The molecule has 6 heteroatoms. The zero-order chi connectivity index (χ0) is 17.1. The van der Waals surface area contributed by atoms with Gasteiger partial charge < -0.3 is 4.42 Å². The third kappa shape index (κ3) is 3.83. The molecular weight excluding hydrogens is 312 g/mol. The van der Waals surface area contributed by atoms with Crippen molar-refractivity contribution in [2.24, 2.45) is 0 Å². The summed E-state index contributed by atoms with van der Waals surface area (Å²) in [5.41, 5.74) is 2.38. The van der Waals surface area contributed by atoms with Crippen LogP contribution in [0.5, 0.6) is 0 Å². The number of hydrogen-bond donors (Lipinski definition) is 0. The van der Waals surface area contributed by atoms with Gasteiger partial charge in [-0.3, -0.25) is 4.90 Å². The number of aromatic nitrogens is 2. The molecular formula is C18H17F2N3O. The van der Waals surface area contributed by atoms with Gasteiger partial charge in [0.2, 0.25) is 11.8 Å². The molecule has 0 aliphatic rings. The SMILES string of the molecule is Cc1cccc(-c2nnc(CN(C)Cc3ccc(F)cc3F)o2)c1. The second-order valence-corrected chi connectivity index (χ2v) is 5.78. The summed E-state index contributed by atoms with van der Waals surface area (Å²) in [5.74, 6) is -0.252. The van der Waals surface area contributed by atoms with Crippen molar-refractivity contribution in [2.45, 2.75) is 20.0 Å². The van der Waals surface area contributed by atoms with Gasteiger partial charge in [-0.1, -0.05) is 23.8 Å². The molecule has 24 heavy (non-hydrogen) atoms. The lowest BCUT2D eigenvalue weighted by Crippen LogP contribution is -2.18. The molecule has 0 radical (unpaired) electrons. The van der Waals surface area contributed by atoms with Gasteiger partial charge in [0.15, 0.2) is 0 Å². The van der Waals surface area contributed by atoms with E-state index in [0.29, 0.717) is 30.4 Å². The van der Waals surface area contributed by atoms with E-state index in [1.165, 1.54) is 12.1 Å². The maximum atomic E-state index is 13.7. The van der Waals surface area contributed by atoms with E-state index in [4.69, 9.17) is 4.42 Å². The highest BCUT2D eigenvalue weighted by Crippen LogP contribution is 2.20. The number of benzene rings is 2. The van der Waals surface area contributed by atoms with E-state index in [1.807, 2.05) is 36.1 Å². The Morgan fingerprint density at radius 1 is 1.04 bits per heavy atom. The van der Waals surface area contributed by atoms with E-state index in [2.05, 4.69) is 10.2 Å². The Labute approximate surface area is 138 Å². The van der Waals surface area contributed by atoms with Crippen LogP contribution in [0.25, 0.3) is 11.5 Å². The smallest absolute Gasteiger partial charge is 0.247 e. The first-order valence-electron chi connectivity index (χ1n) is 7.53. The zero-order valence-electron chi connectivity index (χ0n) is 13.5. The maximum Gasteiger partial charge on any atom is 0.247 e. The van der Waals surface area contributed by atoms with Crippen LogP contribution in [0.15, 0.2) is 46.9 Å². The number of nitrogens with zero attached hydrogens (tertiary/aromatic N) is 3. The molecule has 0 atom stereocenters. The van der Waals surface area contributed by atoms with Crippen molar-refractivity contribution in [2.75, 3.05) is 7.05 Å². The lowest BCUT2D eigenvalue weighted by molar-refractivity contribution is 0.279. The van der Waals surface area contributed by atoms with Gasteiger partial charge in [-0.25, -0.2) is 8.78 Å². The average molecular weight is 329 g/mol. The fourth-order valence-electron chi connectivity index (χ4n) is 2.44. The van der Waals surface area contributed by atoms with Crippen molar-refractivity contribution in [1.82, 2.24) is 15.1 Å². The Balaban J connectivity index is 1.68. The highest BCUT2D eigenvalue weighted by atomic mass is 19.1. The van der Waals surface area contributed by atoms with Crippen LogP contribution in [0, 0.1) is 18.6 Å². The molecule has 124 valence electrons. The summed E-state index contributed by atoms with van der Waals surface area (Å²) in [6, 6.07) is 11.4. The number of aryl methyl sites for hydroxylation is 1. The van der Waals surface area contributed by atoms with Crippen molar-refractivity contribution in [3.8, 4) is 11.5 Å². The van der Waals surface area contributed by atoms with Gasteiger partial charge in [-0.05, 0) is 32.2 Å². The summed E-state index contributed by atoms with van der Waals surface area (Å²) in [5, 5.41) is 8.08. The summed E-state index contributed by atoms with van der Waals surface area (Å²) in [6.45, 7) is 2.68. The largest absolute Gasteiger partial charge is 0.419 e. The quantitative estimate of drug-likeness (QED) is 0.711. The number of halogens is 2. The molecule has 0 fully saturated rings. The third-order valence-electron chi connectivity index (χ3n) is 3.59.